The molecule has 2 aromatic carbocycles. The minimum Gasteiger partial charge on any atom is -0.367 e. The first kappa shape index (κ1) is 20.2. The molecule has 1 atom stereocenters. The van der Waals surface area contributed by atoms with Crippen LogP contribution in [0.4, 0.5) is 5.69 Å². The van der Waals surface area contributed by atoms with Crippen LogP contribution < -0.4 is 10.2 Å². The van der Waals surface area contributed by atoms with Crippen molar-refractivity contribution in [1.29, 1.82) is 0 Å². The van der Waals surface area contributed by atoms with Gasteiger partial charge < -0.3 is 15.1 Å². The van der Waals surface area contributed by atoms with Crippen LogP contribution in [0.25, 0.3) is 0 Å². The number of carbonyl (C=O) groups is 2. The zero-order chi connectivity index (χ0) is 20.1. The van der Waals surface area contributed by atoms with E-state index >= 15 is 0 Å². The molecule has 0 bridgehead atoms. The fourth-order valence-electron chi connectivity index (χ4n) is 3.50. The monoisotopic (exact) mass is 399 g/mol. The molecule has 1 aliphatic rings. The summed E-state index contributed by atoms with van der Waals surface area (Å²) in [4.78, 5) is 28.6. The number of amides is 2. The summed E-state index contributed by atoms with van der Waals surface area (Å²) < 4.78 is 0. The molecular weight excluding hydrogens is 374 g/mol. The molecule has 0 saturated carbocycles. The Hall–Kier alpha value is -2.53. The molecule has 1 N–H and O–H groups in total. The van der Waals surface area contributed by atoms with Gasteiger partial charge in [-0.3, -0.25) is 9.59 Å². The van der Waals surface area contributed by atoms with Crippen molar-refractivity contribution in [3.63, 3.8) is 0 Å². The maximum Gasteiger partial charge on any atom is 0.225 e. The standard InChI is InChI=1S/C22H26ClN3O2/c1-16-7-9-18(10-8-16)20(24-17(2)27)15-22(28)26-13-11-25(12-14-26)21-6-4-3-5-19(21)23/h3-10,20H,11-15H2,1-2H3,(H,24,27). The summed E-state index contributed by atoms with van der Waals surface area (Å²) in [5, 5.41) is 3.64. The molecule has 148 valence electrons. The van der Waals surface area contributed by atoms with Gasteiger partial charge in [-0.05, 0) is 24.6 Å². The van der Waals surface area contributed by atoms with Gasteiger partial charge >= 0.3 is 0 Å². The van der Waals surface area contributed by atoms with Crippen LogP contribution in [0.3, 0.4) is 0 Å². The molecular formula is C22H26ClN3O2. The number of para-hydroxylation sites is 1. The fourth-order valence-corrected chi connectivity index (χ4v) is 3.76. The number of aryl methyl sites for hydroxylation is 1. The summed E-state index contributed by atoms with van der Waals surface area (Å²) in [7, 11) is 0. The molecule has 1 aliphatic heterocycles. The van der Waals surface area contributed by atoms with Crippen LogP contribution in [0.2, 0.25) is 5.02 Å². The van der Waals surface area contributed by atoms with Gasteiger partial charge in [-0.15, -0.1) is 0 Å². The van der Waals surface area contributed by atoms with Crippen molar-refractivity contribution in [2.75, 3.05) is 31.1 Å². The van der Waals surface area contributed by atoms with Crippen LogP contribution in [0, 0.1) is 6.92 Å². The molecule has 28 heavy (non-hydrogen) atoms. The first-order valence-corrected chi connectivity index (χ1v) is 9.93. The highest BCUT2D eigenvalue weighted by Gasteiger charge is 2.25. The summed E-state index contributed by atoms with van der Waals surface area (Å²) in [5.41, 5.74) is 3.10. The van der Waals surface area contributed by atoms with Gasteiger partial charge in [0.15, 0.2) is 0 Å². The van der Waals surface area contributed by atoms with Gasteiger partial charge in [0, 0.05) is 33.1 Å². The van der Waals surface area contributed by atoms with E-state index < -0.39 is 0 Å². The lowest BCUT2D eigenvalue weighted by Crippen LogP contribution is -2.49. The third kappa shape index (κ3) is 5.04. The highest BCUT2D eigenvalue weighted by atomic mass is 35.5. The van der Waals surface area contributed by atoms with Crippen molar-refractivity contribution in [3.8, 4) is 0 Å². The van der Waals surface area contributed by atoms with E-state index in [0.717, 1.165) is 34.9 Å². The third-order valence-corrected chi connectivity index (χ3v) is 5.38. The second-order valence-electron chi connectivity index (χ2n) is 7.19. The van der Waals surface area contributed by atoms with E-state index in [0.29, 0.717) is 13.1 Å². The van der Waals surface area contributed by atoms with E-state index in [1.807, 2.05) is 60.4 Å². The van der Waals surface area contributed by atoms with E-state index in [2.05, 4.69) is 10.2 Å². The molecule has 0 aromatic heterocycles. The van der Waals surface area contributed by atoms with Crippen molar-refractivity contribution in [1.82, 2.24) is 10.2 Å². The summed E-state index contributed by atoms with van der Waals surface area (Å²) in [6.07, 6.45) is 0.259. The number of hydrogen-bond acceptors (Lipinski definition) is 3. The van der Waals surface area contributed by atoms with Crippen LogP contribution in [0.1, 0.15) is 30.5 Å². The second kappa shape index (κ2) is 9.11. The molecule has 1 fully saturated rings. The van der Waals surface area contributed by atoms with E-state index in [1.54, 1.807) is 0 Å². The number of rotatable bonds is 5. The Bertz CT molecular complexity index is 830. The molecule has 6 heteroatoms. The van der Waals surface area contributed by atoms with E-state index in [4.69, 9.17) is 11.6 Å². The van der Waals surface area contributed by atoms with Crippen molar-refractivity contribution in [2.24, 2.45) is 0 Å². The predicted octanol–water partition coefficient (Wildman–Crippen LogP) is 3.56. The number of nitrogens with zero attached hydrogens (tertiary/aromatic N) is 2. The number of hydrogen-bond donors (Lipinski definition) is 1. The Kier molecular flexibility index (Phi) is 6.57. The molecule has 0 aliphatic carbocycles. The number of nitrogens with one attached hydrogen (secondary N) is 1. The Labute approximate surface area is 171 Å². The summed E-state index contributed by atoms with van der Waals surface area (Å²) >= 11 is 6.29. The molecule has 5 nitrogen and oxygen atoms in total. The van der Waals surface area contributed by atoms with Gasteiger partial charge in [0.1, 0.15) is 0 Å². The largest absolute Gasteiger partial charge is 0.367 e. The Balaban J connectivity index is 1.62. The molecule has 1 saturated heterocycles. The highest BCUT2D eigenvalue weighted by molar-refractivity contribution is 6.33. The zero-order valence-corrected chi connectivity index (χ0v) is 17.1. The summed E-state index contributed by atoms with van der Waals surface area (Å²) in [5.74, 6) is -0.0833. The van der Waals surface area contributed by atoms with E-state index in [-0.39, 0.29) is 24.3 Å². The maximum atomic E-state index is 12.9. The number of anilines is 1. The first-order chi connectivity index (χ1) is 13.4. The molecule has 0 spiro atoms. The van der Waals surface area contributed by atoms with E-state index in [9.17, 15) is 9.59 Å². The van der Waals surface area contributed by atoms with Gasteiger partial charge in [0.05, 0.1) is 23.2 Å². The molecule has 3 rings (SSSR count). The third-order valence-electron chi connectivity index (χ3n) is 5.06. The highest BCUT2D eigenvalue weighted by Crippen LogP contribution is 2.26. The average Bonchev–Trinajstić information content (AvgIpc) is 2.68. The van der Waals surface area contributed by atoms with Crippen LogP contribution in [-0.4, -0.2) is 42.9 Å². The van der Waals surface area contributed by atoms with Gasteiger partial charge in [0.25, 0.3) is 0 Å². The van der Waals surface area contributed by atoms with Crippen LogP contribution >= 0.6 is 11.6 Å². The number of benzene rings is 2. The number of halogens is 1. The van der Waals surface area contributed by atoms with Crippen LogP contribution in [0.15, 0.2) is 48.5 Å². The van der Waals surface area contributed by atoms with Crippen molar-refractivity contribution in [2.45, 2.75) is 26.3 Å². The minimum atomic E-state index is -0.313. The van der Waals surface area contributed by atoms with Gasteiger partial charge in [0.2, 0.25) is 11.8 Å². The molecule has 1 heterocycles. The topological polar surface area (TPSA) is 52.7 Å². The van der Waals surface area contributed by atoms with E-state index in [1.165, 1.54) is 6.92 Å². The fraction of sp³-hybridized carbons (Fsp3) is 0.364. The first-order valence-electron chi connectivity index (χ1n) is 9.55. The van der Waals surface area contributed by atoms with Crippen molar-refractivity contribution < 1.29 is 9.59 Å². The number of carbonyl (C=O) groups excluding carboxylic acids is 2. The average molecular weight is 400 g/mol. The summed E-state index contributed by atoms with van der Waals surface area (Å²) in [6, 6.07) is 15.4. The molecule has 2 aromatic rings. The Morgan fingerprint density at radius 3 is 2.29 bits per heavy atom. The molecule has 1 unspecified atom stereocenters. The lowest BCUT2D eigenvalue weighted by Gasteiger charge is -2.37. The van der Waals surface area contributed by atoms with Crippen LogP contribution in [-0.2, 0) is 9.59 Å². The predicted molar refractivity (Wildman–Crippen MR) is 113 cm³/mol. The van der Waals surface area contributed by atoms with Crippen LogP contribution in [0.5, 0.6) is 0 Å². The second-order valence-corrected chi connectivity index (χ2v) is 7.59. The lowest BCUT2D eigenvalue weighted by molar-refractivity contribution is -0.132. The molecule has 2 amide bonds. The summed E-state index contributed by atoms with van der Waals surface area (Å²) in [6.45, 7) is 6.26. The van der Waals surface area contributed by atoms with Crippen molar-refractivity contribution in [3.05, 3.63) is 64.7 Å². The number of piperazine rings is 1. The zero-order valence-electron chi connectivity index (χ0n) is 16.3. The maximum absolute atomic E-state index is 12.9. The van der Waals surface area contributed by atoms with Gasteiger partial charge in [-0.1, -0.05) is 53.6 Å². The molecule has 0 radical (unpaired) electrons. The SMILES string of the molecule is CC(=O)NC(CC(=O)N1CCN(c2ccccc2Cl)CC1)c1ccc(C)cc1. The van der Waals surface area contributed by atoms with Crippen molar-refractivity contribution >= 4 is 29.1 Å². The quantitative estimate of drug-likeness (QED) is 0.836. The van der Waals surface area contributed by atoms with Gasteiger partial charge in [-0.2, -0.15) is 0 Å². The Morgan fingerprint density at radius 1 is 1.04 bits per heavy atom. The normalized spacial score (nSPS) is 15.2. The Morgan fingerprint density at radius 2 is 1.68 bits per heavy atom. The minimum absolute atomic E-state index is 0.0538. The lowest BCUT2D eigenvalue weighted by atomic mass is 10.0. The smallest absolute Gasteiger partial charge is 0.225 e. The van der Waals surface area contributed by atoms with Gasteiger partial charge in [-0.25, -0.2) is 0 Å².